The molecule has 1 aliphatic heterocycles. The summed E-state index contributed by atoms with van der Waals surface area (Å²) in [4.78, 5) is 21.1. The van der Waals surface area contributed by atoms with Gasteiger partial charge in [0.05, 0.1) is 5.69 Å². The van der Waals surface area contributed by atoms with Gasteiger partial charge >= 0.3 is 0 Å². The third-order valence-electron chi connectivity index (χ3n) is 3.89. The van der Waals surface area contributed by atoms with Gasteiger partial charge in [0, 0.05) is 17.3 Å². The van der Waals surface area contributed by atoms with Crippen LogP contribution >= 0.6 is 0 Å². The zero-order chi connectivity index (χ0) is 16.7. The molecular weight excluding hydrogens is 309 g/mol. The van der Waals surface area contributed by atoms with Crippen molar-refractivity contribution in [2.24, 2.45) is 4.99 Å². The summed E-state index contributed by atoms with van der Waals surface area (Å²) in [5.74, 6) is -1.04. The standard InChI is InChI=1S/C18H12FN3O2/c1-10-2-4-11(5-3-10)17-21-18(24-22-17)14-9-20-15-7-6-12(19)8-13(15)16(14)23/h2-9,14H,1H3. The van der Waals surface area contributed by atoms with Gasteiger partial charge in [0.1, 0.15) is 11.7 Å². The van der Waals surface area contributed by atoms with Gasteiger partial charge in [-0.05, 0) is 25.1 Å². The Labute approximate surface area is 136 Å². The van der Waals surface area contributed by atoms with Crippen molar-refractivity contribution in [3.05, 3.63) is 65.3 Å². The van der Waals surface area contributed by atoms with Crippen molar-refractivity contribution in [2.45, 2.75) is 12.8 Å². The fourth-order valence-electron chi connectivity index (χ4n) is 2.57. The van der Waals surface area contributed by atoms with Gasteiger partial charge in [-0.15, -0.1) is 0 Å². The maximum atomic E-state index is 13.4. The first-order chi connectivity index (χ1) is 11.6. The minimum absolute atomic E-state index is 0.147. The van der Waals surface area contributed by atoms with Gasteiger partial charge in [0.15, 0.2) is 5.78 Å². The molecule has 0 saturated carbocycles. The Kier molecular flexibility index (Phi) is 3.30. The largest absolute Gasteiger partial charge is 0.338 e. The van der Waals surface area contributed by atoms with E-state index in [-0.39, 0.29) is 17.2 Å². The highest BCUT2D eigenvalue weighted by Gasteiger charge is 2.31. The molecule has 0 N–H and O–H groups in total. The minimum Gasteiger partial charge on any atom is -0.338 e. The summed E-state index contributed by atoms with van der Waals surface area (Å²) < 4.78 is 18.6. The lowest BCUT2D eigenvalue weighted by atomic mass is 9.94. The maximum Gasteiger partial charge on any atom is 0.243 e. The number of benzene rings is 2. The van der Waals surface area contributed by atoms with Crippen LogP contribution in [-0.2, 0) is 0 Å². The first-order valence-corrected chi connectivity index (χ1v) is 7.40. The molecule has 5 nitrogen and oxygen atoms in total. The predicted octanol–water partition coefficient (Wildman–Crippen LogP) is 3.87. The number of carbonyl (C=O) groups is 1. The molecule has 2 aromatic carbocycles. The first kappa shape index (κ1) is 14.4. The van der Waals surface area contributed by atoms with E-state index in [4.69, 9.17) is 4.52 Å². The fourth-order valence-corrected chi connectivity index (χ4v) is 2.57. The van der Waals surface area contributed by atoms with E-state index in [0.29, 0.717) is 11.5 Å². The molecule has 0 bridgehead atoms. The fraction of sp³-hybridized carbons (Fsp3) is 0.111. The average Bonchev–Trinajstić information content (AvgIpc) is 3.06. The molecule has 4 rings (SSSR count). The maximum absolute atomic E-state index is 13.4. The lowest BCUT2D eigenvalue weighted by Gasteiger charge is -2.14. The van der Waals surface area contributed by atoms with Crippen molar-refractivity contribution in [1.82, 2.24) is 10.1 Å². The van der Waals surface area contributed by atoms with Gasteiger partial charge in [-0.2, -0.15) is 4.98 Å². The highest BCUT2D eigenvalue weighted by Crippen LogP contribution is 2.31. The van der Waals surface area contributed by atoms with Crippen LogP contribution in [0.25, 0.3) is 11.4 Å². The van der Waals surface area contributed by atoms with Crippen LogP contribution in [-0.4, -0.2) is 22.1 Å². The molecule has 1 unspecified atom stereocenters. The van der Waals surface area contributed by atoms with Gasteiger partial charge in [-0.25, -0.2) is 4.39 Å². The quantitative estimate of drug-likeness (QED) is 0.718. The predicted molar refractivity (Wildman–Crippen MR) is 86.1 cm³/mol. The van der Waals surface area contributed by atoms with E-state index in [0.717, 1.165) is 11.1 Å². The average molecular weight is 321 g/mol. The normalized spacial score (nSPS) is 16.2. The van der Waals surface area contributed by atoms with Crippen LogP contribution in [0.3, 0.4) is 0 Å². The third-order valence-corrected chi connectivity index (χ3v) is 3.89. The number of rotatable bonds is 2. The molecule has 0 spiro atoms. The first-order valence-electron chi connectivity index (χ1n) is 7.40. The Morgan fingerprint density at radius 3 is 2.71 bits per heavy atom. The summed E-state index contributed by atoms with van der Waals surface area (Å²) in [7, 11) is 0. The lowest BCUT2D eigenvalue weighted by Crippen LogP contribution is -2.18. The number of carbonyl (C=O) groups excluding carboxylic acids is 1. The van der Waals surface area contributed by atoms with Crippen LogP contribution in [0.2, 0.25) is 0 Å². The second-order valence-electron chi connectivity index (χ2n) is 5.60. The highest BCUT2D eigenvalue weighted by atomic mass is 19.1. The number of aromatic nitrogens is 2. The summed E-state index contributed by atoms with van der Waals surface area (Å²) in [5, 5.41) is 3.93. The van der Waals surface area contributed by atoms with E-state index < -0.39 is 11.7 Å². The summed E-state index contributed by atoms with van der Waals surface area (Å²) in [5.41, 5.74) is 2.58. The Balaban J connectivity index is 1.68. The SMILES string of the molecule is Cc1ccc(-c2noc(C3C=Nc4ccc(F)cc4C3=O)n2)cc1. The molecule has 1 aliphatic rings. The Morgan fingerprint density at radius 2 is 1.92 bits per heavy atom. The molecule has 0 saturated heterocycles. The van der Waals surface area contributed by atoms with E-state index in [1.165, 1.54) is 24.4 Å². The van der Waals surface area contributed by atoms with Gasteiger partial charge in [0.2, 0.25) is 11.7 Å². The number of Topliss-reactive ketones (excluding diaryl/α,β-unsaturated/α-hetero) is 1. The number of fused-ring (bicyclic) bond motifs is 1. The molecule has 1 aromatic heterocycles. The zero-order valence-corrected chi connectivity index (χ0v) is 12.7. The number of aliphatic imine (C=N–C) groups is 1. The van der Waals surface area contributed by atoms with Crippen LogP contribution in [0, 0.1) is 12.7 Å². The molecule has 0 radical (unpaired) electrons. The second kappa shape index (κ2) is 5.49. The molecule has 3 aromatic rings. The smallest absolute Gasteiger partial charge is 0.243 e. The monoisotopic (exact) mass is 321 g/mol. The molecule has 0 aliphatic carbocycles. The Hall–Kier alpha value is -3.15. The molecule has 118 valence electrons. The second-order valence-corrected chi connectivity index (χ2v) is 5.60. The van der Waals surface area contributed by atoms with Crippen molar-refractivity contribution in [3.8, 4) is 11.4 Å². The molecule has 24 heavy (non-hydrogen) atoms. The summed E-state index contributed by atoms with van der Waals surface area (Å²) in [6.07, 6.45) is 1.45. The van der Waals surface area contributed by atoms with Gasteiger partial charge in [-0.1, -0.05) is 35.0 Å². The Morgan fingerprint density at radius 1 is 1.12 bits per heavy atom. The van der Waals surface area contributed by atoms with Crippen molar-refractivity contribution >= 4 is 17.7 Å². The van der Waals surface area contributed by atoms with E-state index in [2.05, 4.69) is 15.1 Å². The third kappa shape index (κ3) is 2.42. The van der Waals surface area contributed by atoms with Gasteiger partial charge in [0.25, 0.3) is 0 Å². The summed E-state index contributed by atoms with van der Waals surface area (Å²) in [6, 6.07) is 11.6. The van der Waals surface area contributed by atoms with Crippen LogP contribution < -0.4 is 0 Å². The minimum atomic E-state index is -0.800. The van der Waals surface area contributed by atoms with Crippen molar-refractivity contribution < 1.29 is 13.7 Å². The van der Waals surface area contributed by atoms with Crippen LogP contribution in [0.1, 0.15) is 27.7 Å². The molecule has 6 heteroatoms. The van der Waals surface area contributed by atoms with E-state index in [1.807, 2.05) is 31.2 Å². The van der Waals surface area contributed by atoms with E-state index in [9.17, 15) is 9.18 Å². The number of ketones is 1. The highest BCUT2D eigenvalue weighted by molar-refractivity contribution is 6.15. The van der Waals surface area contributed by atoms with Crippen molar-refractivity contribution in [3.63, 3.8) is 0 Å². The van der Waals surface area contributed by atoms with Crippen LogP contribution in [0.15, 0.2) is 52.0 Å². The van der Waals surface area contributed by atoms with Crippen LogP contribution in [0.4, 0.5) is 10.1 Å². The van der Waals surface area contributed by atoms with E-state index in [1.54, 1.807) is 0 Å². The number of halogens is 1. The number of aryl methyl sites for hydroxylation is 1. The summed E-state index contributed by atoms with van der Waals surface area (Å²) >= 11 is 0. The number of hydrogen-bond acceptors (Lipinski definition) is 5. The number of nitrogens with zero attached hydrogens (tertiary/aromatic N) is 3. The topological polar surface area (TPSA) is 68.3 Å². The van der Waals surface area contributed by atoms with Crippen molar-refractivity contribution in [1.29, 1.82) is 0 Å². The molecule has 1 atom stereocenters. The zero-order valence-electron chi connectivity index (χ0n) is 12.7. The molecule has 0 fully saturated rings. The Bertz CT molecular complexity index is 961. The van der Waals surface area contributed by atoms with Crippen molar-refractivity contribution in [2.75, 3.05) is 0 Å². The van der Waals surface area contributed by atoms with Gasteiger partial charge < -0.3 is 4.52 Å². The van der Waals surface area contributed by atoms with Gasteiger partial charge in [-0.3, -0.25) is 9.79 Å². The lowest BCUT2D eigenvalue weighted by molar-refractivity contribution is 0.0971. The van der Waals surface area contributed by atoms with Crippen LogP contribution in [0.5, 0.6) is 0 Å². The van der Waals surface area contributed by atoms with E-state index >= 15 is 0 Å². The molecule has 0 amide bonds. The molecule has 2 heterocycles. The number of hydrogen-bond donors (Lipinski definition) is 0. The summed E-state index contributed by atoms with van der Waals surface area (Å²) in [6.45, 7) is 1.99. The molecular formula is C18H12FN3O2.